The third-order valence-corrected chi connectivity index (χ3v) is 7.36. The summed E-state index contributed by atoms with van der Waals surface area (Å²) < 4.78 is 27.4. The SMILES string of the molecule is CN=C(NCc1cccc(S(=O)(=O)N2CCCCC2)c1)N1CCCC(C)C1.I. The van der Waals surface area contributed by atoms with Crippen molar-refractivity contribution in [2.75, 3.05) is 33.2 Å². The summed E-state index contributed by atoms with van der Waals surface area (Å²) in [6, 6.07) is 7.30. The van der Waals surface area contributed by atoms with Gasteiger partial charge in [-0.2, -0.15) is 4.31 Å². The van der Waals surface area contributed by atoms with Crippen LogP contribution in [-0.2, 0) is 16.6 Å². The molecule has 0 saturated carbocycles. The summed E-state index contributed by atoms with van der Waals surface area (Å²) in [5, 5.41) is 3.40. The van der Waals surface area contributed by atoms with Crippen molar-refractivity contribution < 1.29 is 8.42 Å². The molecule has 2 saturated heterocycles. The highest BCUT2D eigenvalue weighted by Crippen LogP contribution is 2.21. The number of sulfonamides is 1. The molecule has 1 aromatic carbocycles. The van der Waals surface area contributed by atoms with Crippen LogP contribution >= 0.6 is 24.0 Å². The molecule has 2 aliphatic rings. The number of rotatable bonds is 4. The summed E-state index contributed by atoms with van der Waals surface area (Å²) in [6.07, 6.45) is 5.47. The highest BCUT2D eigenvalue weighted by atomic mass is 127. The van der Waals surface area contributed by atoms with Crippen molar-refractivity contribution >= 4 is 40.0 Å². The van der Waals surface area contributed by atoms with Crippen LogP contribution in [0.25, 0.3) is 0 Å². The second kappa shape index (κ2) is 10.8. The van der Waals surface area contributed by atoms with Gasteiger partial charge in [-0.3, -0.25) is 4.99 Å². The molecule has 1 N–H and O–H groups in total. The Morgan fingerprint density at radius 3 is 2.61 bits per heavy atom. The van der Waals surface area contributed by atoms with Gasteiger partial charge in [-0.1, -0.05) is 25.5 Å². The number of hydrogen-bond acceptors (Lipinski definition) is 3. The minimum atomic E-state index is -3.39. The summed E-state index contributed by atoms with van der Waals surface area (Å²) in [4.78, 5) is 7.10. The fraction of sp³-hybridized carbons (Fsp3) is 0.650. The van der Waals surface area contributed by atoms with Crippen molar-refractivity contribution in [1.82, 2.24) is 14.5 Å². The molecule has 3 rings (SSSR count). The largest absolute Gasteiger partial charge is 0.352 e. The van der Waals surface area contributed by atoms with Crippen molar-refractivity contribution in [3.05, 3.63) is 29.8 Å². The van der Waals surface area contributed by atoms with Crippen LogP contribution in [0.5, 0.6) is 0 Å². The van der Waals surface area contributed by atoms with Crippen LogP contribution in [0, 0.1) is 5.92 Å². The number of likely N-dealkylation sites (tertiary alicyclic amines) is 1. The second-order valence-electron chi connectivity index (χ2n) is 7.71. The molecule has 2 fully saturated rings. The molecule has 2 aliphatic heterocycles. The first kappa shape index (κ1) is 23.4. The van der Waals surface area contributed by atoms with E-state index in [1.807, 2.05) is 12.1 Å². The minimum Gasteiger partial charge on any atom is -0.352 e. The van der Waals surface area contributed by atoms with Gasteiger partial charge in [0.2, 0.25) is 10.0 Å². The zero-order chi connectivity index (χ0) is 19.3. The van der Waals surface area contributed by atoms with Crippen molar-refractivity contribution in [3.63, 3.8) is 0 Å². The van der Waals surface area contributed by atoms with Gasteiger partial charge in [0.05, 0.1) is 4.90 Å². The number of guanidine groups is 1. The standard InChI is InChI=1S/C20H32N4O2S.HI/c1-17-8-7-11-23(16-17)20(21-2)22-15-18-9-6-10-19(14-18)27(25,26)24-12-4-3-5-13-24;/h6,9-10,14,17H,3-5,7-8,11-13,15-16H2,1-2H3,(H,21,22);1H. The van der Waals surface area contributed by atoms with Crippen molar-refractivity contribution in [2.24, 2.45) is 10.9 Å². The molecule has 0 spiro atoms. The molecule has 0 radical (unpaired) electrons. The topological polar surface area (TPSA) is 65.0 Å². The predicted octanol–water partition coefficient (Wildman–Crippen LogP) is 3.29. The van der Waals surface area contributed by atoms with Gasteiger partial charge in [-0.15, -0.1) is 24.0 Å². The van der Waals surface area contributed by atoms with Crippen LogP contribution in [-0.4, -0.2) is 56.8 Å². The fourth-order valence-electron chi connectivity index (χ4n) is 3.97. The summed E-state index contributed by atoms with van der Waals surface area (Å²) in [7, 11) is -1.59. The Labute approximate surface area is 186 Å². The number of piperidine rings is 2. The molecule has 28 heavy (non-hydrogen) atoms. The van der Waals surface area contributed by atoms with Crippen LogP contribution in [0.2, 0.25) is 0 Å². The molecule has 8 heteroatoms. The Balaban J connectivity index is 0.00000280. The zero-order valence-corrected chi connectivity index (χ0v) is 20.1. The van der Waals surface area contributed by atoms with Crippen LogP contribution < -0.4 is 5.32 Å². The lowest BCUT2D eigenvalue weighted by Crippen LogP contribution is -2.45. The third kappa shape index (κ3) is 5.82. The number of aliphatic imine (C=N–C) groups is 1. The molecule has 2 heterocycles. The van der Waals surface area contributed by atoms with Gasteiger partial charge in [0.1, 0.15) is 0 Å². The summed E-state index contributed by atoms with van der Waals surface area (Å²) in [5.74, 6) is 1.57. The first-order chi connectivity index (χ1) is 13.0. The maximum atomic E-state index is 12.9. The van der Waals surface area contributed by atoms with E-state index in [0.717, 1.165) is 43.9 Å². The number of hydrogen-bond donors (Lipinski definition) is 1. The van der Waals surface area contributed by atoms with E-state index < -0.39 is 10.0 Å². The normalized spacial score (nSPS) is 21.9. The maximum Gasteiger partial charge on any atom is 0.243 e. The van der Waals surface area contributed by atoms with Crippen LogP contribution in [0.4, 0.5) is 0 Å². The average molecular weight is 520 g/mol. The van der Waals surface area contributed by atoms with Gasteiger partial charge >= 0.3 is 0 Å². The quantitative estimate of drug-likeness (QED) is 0.376. The average Bonchev–Trinajstić information content (AvgIpc) is 2.69. The zero-order valence-electron chi connectivity index (χ0n) is 16.9. The van der Waals surface area contributed by atoms with Crippen LogP contribution in [0.3, 0.4) is 0 Å². The maximum absolute atomic E-state index is 12.9. The van der Waals surface area contributed by atoms with Crippen molar-refractivity contribution in [1.29, 1.82) is 0 Å². The predicted molar refractivity (Wildman–Crippen MR) is 125 cm³/mol. The molecule has 0 aliphatic carbocycles. The van der Waals surface area contributed by atoms with Crippen LogP contribution in [0.1, 0.15) is 44.6 Å². The highest BCUT2D eigenvalue weighted by molar-refractivity contribution is 14.0. The molecule has 1 unspecified atom stereocenters. The van der Waals surface area contributed by atoms with E-state index in [0.29, 0.717) is 30.4 Å². The number of halogens is 1. The Hall–Kier alpha value is -0.870. The van der Waals surface area contributed by atoms with E-state index in [4.69, 9.17) is 0 Å². The van der Waals surface area contributed by atoms with Gasteiger partial charge in [-0.25, -0.2) is 8.42 Å². The van der Waals surface area contributed by atoms with E-state index in [-0.39, 0.29) is 24.0 Å². The molecule has 6 nitrogen and oxygen atoms in total. The molecular formula is C20H33IN4O2S. The smallest absolute Gasteiger partial charge is 0.243 e. The monoisotopic (exact) mass is 520 g/mol. The lowest BCUT2D eigenvalue weighted by atomic mass is 10.0. The summed E-state index contributed by atoms with van der Waals surface area (Å²) >= 11 is 0. The molecule has 0 amide bonds. The minimum absolute atomic E-state index is 0. The Kier molecular flexibility index (Phi) is 9.01. The van der Waals surface area contributed by atoms with E-state index in [2.05, 4.69) is 22.1 Å². The summed E-state index contributed by atoms with van der Waals surface area (Å²) in [5.41, 5.74) is 0.958. The highest BCUT2D eigenvalue weighted by Gasteiger charge is 2.26. The first-order valence-electron chi connectivity index (χ1n) is 10.1. The second-order valence-corrected chi connectivity index (χ2v) is 9.64. The van der Waals surface area contributed by atoms with Gasteiger partial charge in [0.25, 0.3) is 0 Å². The Bertz CT molecular complexity index is 763. The molecule has 1 aromatic rings. The van der Waals surface area contributed by atoms with Gasteiger partial charge in [0.15, 0.2) is 5.96 Å². The Morgan fingerprint density at radius 2 is 1.93 bits per heavy atom. The molecule has 0 bridgehead atoms. The lowest BCUT2D eigenvalue weighted by Gasteiger charge is -2.33. The van der Waals surface area contributed by atoms with Gasteiger partial charge in [0, 0.05) is 39.8 Å². The van der Waals surface area contributed by atoms with E-state index in [1.54, 1.807) is 23.5 Å². The lowest BCUT2D eigenvalue weighted by molar-refractivity contribution is 0.266. The summed E-state index contributed by atoms with van der Waals surface area (Å²) in [6.45, 7) is 6.14. The number of nitrogens with one attached hydrogen (secondary N) is 1. The molecular weight excluding hydrogens is 487 g/mol. The molecule has 0 aromatic heterocycles. The van der Waals surface area contributed by atoms with E-state index >= 15 is 0 Å². The van der Waals surface area contributed by atoms with Crippen molar-refractivity contribution in [2.45, 2.75) is 50.5 Å². The molecule has 1 atom stereocenters. The van der Waals surface area contributed by atoms with Crippen LogP contribution in [0.15, 0.2) is 34.2 Å². The first-order valence-corrected chi connectivity index (χ1v) is 11.5. The fourth-order valence-corrected chi connectivity index (χ4v) is 5.55. The van der Waals surface area contributed by atoms with E-state index in [9.17, 15) is 8.42 Å². The van der Waals surface area contributed by atoms with Crippen molar-refractivity contribution in [3.8, 4) is 0 Å². The van der Waals surface area contributed by atoms with E-state index in [1.165, 1.54) is 12.8 Å². The number of benzene rings is 1. The van der Waals surface area contributed by atoms with Gasteiger partial charge < -0.3 is 10.2 Å². The third-order valence-electron chi connectivity index (χ3n) is 5.47. The molecule has 158 valence electrons. The van der Waals surface area contributed by atoms with Gasteiger partial charge in [-0.05, 0) is 49.3 Å². The number of nitrogens with zero attached hydrogens (tertiary/aromatic N) is 3. The Morgan fingerprint density at radius 1 is 1.18 bits per heavy atom.